The molecule has 2 aliphatic heterocycles. The molecule has 0 saturated carbocycles. The monoisotopic (exact) mass is 409 g/mol. The van der Waals surface area contributed by atoms with E-state index in [2.05, 4.69) is 5.10 Å². The van der Waals surface area contributed by atoms with Gasteiger partial charge in [0.2, 0.25) is 0 Å². The molecule has 0 N–H and O–H groups in total. The number of fused-ring (bicyclic) bond motifs is 1. The highest BCUT2D eigenvalue weighted by molar-refractivity contribution is 5.97. The van der Waals surface area contributed by atoms with Crippen LogP contribution in [0.5, 0.6) is 5.75 Å². The van der Waals surface area contributed by atoms with Crippen LogP contribution >= 0.6 is 0 Å². The molecule has 156 valence electrons. The van der Waals surface area contributed by atoms with Crippen LogP contribution in [0.4, 0.5) is 10.5 Å². The summed E-state index contributed by atoms with van der Waals surface area (Å²) in [6, 6.07) is 7.39. The molecule has 5 rings (SSSR count). The maximum Gasteiger partial charge on any atom is 0.324 e. The predicted octanol–water partition coefficient (Wildman–Crippen LogP) is 2.60. The fourth-order valence-corrected chi connectivity index (χ4v) is 4.15. The van der Waals surface area contributed by atoms with Gasteiger partial charge in [-0.25, -0.2) is 4.79 Å². The van der Waals surface area contributed by atoms with Gasteiger partial charge in [0.15, 0.2) is 17.1 Å². The summed E-state index contributed by atoms with van der Waals surface area (Å²) in [5.74, 6) is 0.776. The molecule has 2 saturated heterocycles. The lowest BCUT2D eigenvalue weighted by Gasteiger charge is -2.15. The summed E-state index contributed by atoms with van der Waals surface area (Å²) in [7, 11) is 3.37. The van der Waals surface area contributed by atoms with Crippen molar-refractivity contribution in [3.63, 3.8) is 0 Å². The van der Waals surface area contributed by atoms with Crippen molar-refractivity contribution in [1.29, 1.82) is 0 Å². The Balaban J connectivity index is 1.30. The fourth-order valence-electron chi connectivity index (χ4n) is 4.15. The molecule has 1 atom stereocenters. The van der Waals surface area contributed by atoms with E-state index in [-0.39, 0.29) is 18.0 Å². The average Bonchev–Trinajstić information content (AvgIpc) is 3.53. The van der Waals surface area contributed by atoms with E-state index in [9.17, 15) is 9.59 Å². The molecule has 2 aromatic heterocycles. The number of hydrogen-bond donors (Lipinski definition) is 0. The van der Waals surface area contributed by atoms with Gasteiger partial charge < -0.3 is 19.0 Å². The summed E-state index contributed by atoms with van der Waals surface area (Å²) < 4.78 is 13.0. The number of furan rings is 1. The molecule has 9 nitrogen and oxygen atoms in total. The number of nitrogens with zero attached hydrogens (tertiary/aromatic N) is 5. The van der Waals surface area contributed by atoms with Gasteiger partial charge in [0.05, 0.1) is 25.0 Å². The summed E-state index contributed by atoms with van der Waals surface area (Å²) in [6.07, 6.45) is 4.40. The average molecular weight is 409 g/mol. The Kier molecular flexibility index (Phi) is 4.38. The molecule has 0 aliphatic carbocycles. The topological polar surface area (TPSA) is 84.0 Å². The van der Waals surface area contributed by atoms with Crippen LogP contribution in [0.15, 0.2) is 41.1 Å². The van der Waals surface area contributed by atoms with Crippen LogP contribution in [0.3, 0.4) is 0 Å². The van der Waals surface area contributed by atoms with E-state index in [0.29, 0.717) is 43.3 Å². The normalized spacial score (nSPS) is 19.3. The van der Waals surface area contributed by atoms with E-state index < -0.39 is 0 Å². The zero-order valence-corrected chi connectivity index (χ0v) is 16.9. The van der Waals surface area contributed by atoms with Crippen molar-refractivity contribution < 1.29 is 18.7 Å². The van der Waals surface area contributed by atoms with Gasteiger partial charge in [-0.2, -0.15) is 5.10 Å². The first kappa shape index (κ1) is 18.5. The van der Waals surface area contributed by atoms with E-state index in [1.54, 1.807) is 41.1 Å². The van der Waals surface area contributed by atoms with Gasteiger partial charge in [-0.3, -0.25) is 14.4 Å². The van der Waals surface area contributed by atoms with Crippen molar-refractivity contribution in [1.82, 2.24) is 19.6 Å². The number of benzene rings is 1. The zero-order chi connectivity index (χ0) is 20.8. The minimum absolute atomic E-state index is 0.0157. The smallest absolute Gasteiger partial charge is 0.324 e. The summed E-state index contributed by atoms with van der Waals surface area (Å²) >= 11 is 0. The molecule has 4 heterocycles. The van der Waals surface area contributed by atoms with E-state index >= 15 is 0 Å². The van der Waals surface area contributed by atoms with Crippen LogP contribution in [0.2, 0.25) is 0 Å². The minimum atomic E-state index is -0.139. The third-order valence-corrected chi connectivity index (χ3v) is 5.88. The Bertz CT molecular complexity index is 1120. The van der Waals surface area contributed by atoms with Crippen LogP contribution in [-0.2, 0) is 0 Å². The van der Waals surface area contributed by atoms with Crippen LogP contribution < -0.4 is 9.64 Å². The summed E-state index contributed by atoms with van der Waals surface area (Å²) in [6.45, 7) is 2.53. The third-order valence-electron chi connectivity index (χ3n) is 5.88. The number of amides is 3. The number of likely N-dealkylation sites (N-methyl/N-ethyl adjacent to an activating group) is 1. The van der Waals surface area contributed by atoms with Crippen molar-refractivity contribution in [3.8, 4) is 5.75 Å². The number of carbonyl (C=O) groups is 2. The second-order valence-electron chi connectivity index (χ2n) is 7.72. The van der Waals surface area contributed by atoms with Crippen molar-refractivity contribution in [3.05, 3.63) is 42.4 Å². The lowest BCUT2D eigenvalue weighted by molar-refractivity contribution is 0.0757. The molecule has 9 heteroatoms. The number of aromatic nitrogens is 2. The third kappa shape index (κ3) is 2.97. The maximum absolute atomic E-state index is 13.0. The van der Waals surface area contributed by atoms with Crippen LogP contribution in [0.1, 0.15) is 23.0 Å². The van der Waals surface area contributed by atoms with Gasteiger partial charge in [-0.05, 0) is 18.6 Å². The second kappa shape index (κ2) is 7.08. The highest BCUT2D eigenvalue weighted by atomic mass is 16.5. The fraction of sp³-hybridized carbons (Fsp3) is 0.381. The number of anilines is 1. The summed E-state index contributed by atoms with van der Waals surface area (Å²) in [5.41, 5.74) is 1.37. The number of ether oxygens (including phenoxy) is 1. The molecule has 2 aliphatic rings. The first-order valence-electron chi connectivity index (χ1n) is 9.98. The number of methoxy groups -OCH3 is 1. The minimum Gasteiger partial charge on any atom is -0.493 e. The SMILES string of the molecule is COc1cccc2cc(C(=O)N3CCC(n4cc(N5CCN(C)C5=O)cn4)C3)oc12. The van der Waals surface area contributed by atoms with E-state index in [0.717, 1.165) is 17.5 Å². The van der Waals surface area contributed by atoms with Crippen molar-refractivity contribution >= 4 is 28.6 Å². The number of likely N-dealkylation sites (tertiary alicyclic amines) is 1. The Morgan fingerprint density at radius 1 is 1.27 bits per heavy atom. The molecule has 3 aromatic rings. The quantitative estimate of drug-likeness (QED) is 0.661. The standard InChI is InChI=1S/C21H23N5O4/c1-23-8-9-25(21(23)28)16-11-22-26(13-16)15-6-7-24(12-15)20(27)18-10-14-4-3-5-17(29-2)19(14)30-18/h3-5,10-11,13,15H,6-9,12H2,1-2H3. The van der Waals surface area contributed by atoms with Crippen molar-refractivity contribution in [2.75, 3.05) is 45.2 Å². The van der Waals surface area contributed by atoms with E-state index in [4.69, 9.17) is 9.15 Å². The second-order valence-corrected chi connectivity index (χ2v) is 7.72. The summed E-state index contributed by atoms with van der Waals surface area (Å²) in [5, 5.41) is 5.29. The maximum atomic E-state index is 13.0. The molecule has 1 unspecified atom stereocenters. The van der Waals surface area contributed by atoms with E-state index in [1.165, 1.54) is 0 Å². The lowest BCUT2D eigenvalue weighted by Crippen LogP contribution is -2.29. The Morgan fingerprint density at radius 3 is 2.90 bits per heavy atom. The Morgan fingerprint density at radius 2 is 2.13 bits per heavy atom. The molecule has 0 spiro atoms. The molecule has 0 bridgehead atoms. The molecule has 30 heavy (non-hydrogen) atoms. The Hall–Kier alpha value is -3.49. The molecule has 2 fully saturated rings. The molecule has 0 radical (unpaired) electrons. The summed E-state index contributed by atoms with van der Waals surface area (Å²) in [4.78, 5) is 30.4. The van der Waals surface area contributed by atoms with Gasteiger partial charge in [0.25, 0.3) is 5.91 Å². The van der Waals surface area contributed by atoms with Gasteiger partial charge in [-0.15, -0.1) is 0 Å². The van der Waals surface area contributed by atoms with Crippen molar-refractivity contribution in [2.24, 2.45) is 0 Å². The van der Waals surface area contributed by atoms with Gasteiger partial charge >= 0.3 is 6.03 Å². The number of urea groups is 1. The Labute approximate surface area is 173 Å². The molecule has 1 aromatic carbocycles. The molecular weight excluding hydrogens is 386 g/mol. The predicted molar refractivity (Wildman–Crippen MR) is 110 cm³/mol. The number of carbonyl (C=O) groups excluding carboxylic acids is 2. The number of rotatable bonds is 4. The van der Waals surface area contributed by atoms with Gasteiger partial charge in [0.1, 0.15) is 0 Å². The lowest BCUT2D eigenvalue weighted by atomic mass is 10.2. The van der Waals surface area contributed by atoms with Gasteiger partial charge in [0, 0.05) is 44.8 Å². The van der Waals surface area contributed by atoms with Crippen molar-refractivity contribution in [2.45, 2.75) is 12.5 Å². The van der Waals surface area contributed by atoms with Crippen LogP contribution in [0.25, 0.3) is 11.0 Å². The highest BCUT2D eigenvalue weighted by Crippen LogP contribution is 2.31. The molecular formula is C21H23N5O4. The molecule has 3 amide bonds. The van der Waals surface area contributed by atoms with Crippen LogP contribution in [-0.4, -0.2) is 71.9 Å². The number of hydrogen-bond acceptors (Lipinski definition) is 5. The van der Waals surface area contributed by atoms with Gasteiger partial charge in [-0.1, -0.05) is 12.1 Å². The first-order valence-corrected chi connectivity index (χ1v) is 9.98. The zero-order valence-electron chi connectivity index (χ0n) is 16.9. The van der Waals surface area contributed by atoms with Crippen LogP contribution in [0, 0.1) is 0 Å². The number of para-hydroxylation sites is 1. The van der Waals surface area contributed by atoms with E-state index in [1.807, 2.05) is 29.1 Å². The highest BCUT2D eigenvalue weighted by Gasteiger charge is 2.32. The first-order chi connectivity index (χ1) is 14.5. The largest absolute Gasteiger partial charge is 0.493 e.